The molecule has 0 fully saturated rings. The monoisotopic (exact) mass is 520 g/mol. The van der Waals surface area contributed by atoms with Gasteiger partial charge in [-0.3, -0.25) is 15.1 Å². The van der Waals surface area contributed by atoms with Gasteiger partial charge in [-0.05, 0) is 45.8 Å². The Morgan fingerprint density at radius 2 is 2.03 bits per heavy atom. The van der Waals surface area contributed by atoms with E-state index in [4.69, 9.17) is 21.1 Å². The van der Waals surface area contributed by atoms with Crippen molar-refractivity contribution in [2.24, 2.45) is 0 Å². The van der Waals surface area contributed by atoms with Gasteiger partial charge in [0.25, 0.3) is 5.69 Å². The molecule has 2 aromatic carbocycles. The van der Waals surface area contributed by atoms with Crippen LogP contribution in [-0.4, -0.2) is 30.1 Å². The van der Waals surface area contributed by atoms with Gasteiger partial charge >= 0.3 is 0 Å². The van der Waals surface area contributed by atoms with Crippen LogP contribution in [0, 0.1) is 10.1 Å². The standard InChI is InChI=1S/C22H22BrClN4O4/c1-31-21-10-16(9-18(23)22(21)32-14-15-3-2-6-25-12-15)13-26-7-8-27-20-5-4-17(28(29)30)11-19(20)24/h2-6,9-12,26-27H,7-8,13-14H2,1H3. The maximum Gasteiger partial charge on any atom is 0.271 e. The normalized spacial score (nSPS) is 10.6. The van der Waals surface area contributed by atoms with Crippen molar-refractivity contribution >= 4 is 38.9 Å². The lowest BCUT2D eigenvalue weighted by Crippen LogP contribution is -2.22. The molecular formula is C22H22BrClN4O4. The zero-order valence-electron chi connectivity index (χ0n) is 17.3. The minimum atomic E-state index is -0.473. The molecule has 0 radical (unpaired) electrons. The number of methoxy groups -OCH3 is 1. The number of rotatable bonds is 11. The van der Waals surface area contributed by atoms with Gasteiger partial charge in [0.05, 0.1) is 27.2 Å². The number of halogens is 2. The summed E-state index contributed by atoms with van der Waals surface area (Å²) in [6.45, 7) is 2.26. The molecule has 10 heteroatoms. The first-order valence-corrected chi connectivity index (χ1v) is 10.9. The van der Waals surface area contributed by atoms with Crippen LogP contribution in [0.25, 0.3) is 0 Å². The Bertz CT molecular complexity index is 1070. The third-order valence-electron chi connectivity index (χ3n) is 4.51. The van der Waals surface area contributed by atoms with Crippen LogP contribution in [0.1, 0.15) is 11.1 Å². The molecule has 1 aromatic heterocycles. The van der Waals surface area contributed by atoms with Crippen LogP contribution in [0.2, 0.25) is 5.02 Å². The summed E-state index contributed by atoms with van der Waals surface area (Å²) in [6.07, 6.45) is 3.48. The fourth-order valence-corrected chi connectivity index (χ4v) is 3.78. The molecule has 0 aliphatic heterocycles. The van der Waals surface area contributed by atoms with Gasteiger partial charge in [0, 0.05) is 49.7 Å². The first-order valence-electron chi connectivity index (χ1n) is 9.74. The molecule has 3 rings (SSSR count). The highest BCUT2D eigenvalue weighted by atomic mass is 79.9. The van der Waals surface area contributed by atoms with Gasteiger partial charge < -0.3 is 20.1 Å². The van der Waals surface area contributed by atoms with E-state index < -0.39 is 4.92 Å². The fraction of sp³-hybridized carbons (Fsp3) is 0.227. The summed E-state index contributed by atoms with van der Waals surface area (Å²) in [5, 5.41) is 17.6. The number of nitro benzene ring substituents is 1. The molecule has 0 amide bonds. The molecule has 1 heterocycles. The predicted octanol–water partition coefficient (Wildman–Crippen LogP) is 5.20. The van der Waals surface area contributed by atoms with Crippen molar-refractivity contribution in [3.8, 4) is 11.5 Å². The molecule has 0 aliphatic carbocycles. The highest BCUT2D eigenvalue weighted by molar-refractivity contribution is 9.10. The number of pyridine rings is 1. The fourth-order valence-electron chi connectivity index (χ4n) is 2.93. The van der Waals surface area contributed by atoms with Crippen LogP contribution in [0.5, 0.6) is 11.5 Å². The zero-order valence-corrected chi connectivity index (χ0v) is 19.6. The third kappa shape index (κ3) is 6.56. The molecule has 2 N–H and O–H groups in total. The van der Waals surface area contributed by atoms with Crippen LogP contribution in [0.15, 0.2) is 59.3 Å². The molecule has 3 aromatic rings. The van der Waals surface area contributed by atoms with E-state index >= 15 is 0 Å². The van der Waals surface area contributed by atoms with E-state index in [9.17, 15) is 10.1 Å². The van der Waals surface area contributed by atoms with Crippen LogP contribution < -0.4 is 20.1 Å². The second-order valence-corrected chi connectivity index (χ2v) is 8.05. The van der Waals surface area contributed by atoms with Crippen molar-refractivity contribution < 1.29 is 14.4 Å². The number of nitrogens with one attached hydrogen (secondary N) is 2. The smallest absolute Gasteiger partial charge is 0.271 e. The Morgan fingerprint density at radius 3 is 2.72 bits per heavy atom. The van der Waals surface area contributed by atoms with Crippen molar-refractivity contribution in [2.75, 3.05) is 25.5 Å². The number of benzene rings is 2. The maximum atomic E-state index is 10.8. The molecule has 0 aliphatic rings. The summed E-state index contributed by atoms with van der Waals surface area (Å²) in [4.78, 5) is 14.4. The lowest BCUT2D eigenvalue weighted by atomic mass is 10.2. The van der Waals surface area contributed by atoms with E-state index in [1.54, 1.807) is 25.6 Å². The summed E-state index contributed by atoms with van der Waals surface area (Å²) in [6, 6.07) is 12.1. The largest absolute Gasteiger partial charge is 0.493 e. The predicted molar refractivity (Wildman–Crippen MR) is 128 cm³/mol. The van der Waals surface area contributed by atoms with Gasteiger partial charge in [0.1, 0.15) is 6.61 Å². The molecule has 0 saturated carbocycles. The van der Waals surface area contributed by atoms with Gasteiger partial charge in [0.15, 0.2) is 11.5 Å². The van der Waals surface area contributed by atoms with Crippen molar-refractivity contribution in [2.45, 2.75) is 13.2 Å². The summed E-state index contributed by atoms with van der Waals surface area (Å²) < 4.78 is 12.2. The summed E-state index contributed by atoms with van der Waals surface area (Å²) in [5.74, 6) is 1.27. The van der Waals surface area contributed by atoms with Gasteiger partial charge in [-0.25, -0.2) is 0 Å². The van der Waals surface area contributed by atoms with E-state index in [2.05, 4.69) is 31.5 Å². The molecule has 0 bridgehead atoms. The average Bonchev–Trinajstić information content (AvgIpc) is 2.79. The van der Waals surface area contributed by atoms with Crippen molar-refractivity contribution in [1.29, 1.82) is 0 Å². The van der Waals surface area contributed by atoms with Gasteiger partial charge in [-0.1, -0.05) is 17.7 Å². The van der Waals surface area contributed by atoms with Crippen LogP contribution >= 0.6 is 27.5 Å². The third-order valence-corrected chi connectivity index (χ3v) is 5.41. The molecule has 0 atom stereocenters. The van der Waals surface area contributed by atoms with Crippen molar-refractivity contribution in [3.63, 3.8) is 0 Å². The minimum Gasteiger partial charge on any atom is -0.493 e. The second-order valence-electron chi connectivity index (χ2n) is 6.78. The van der Waals surface area contributed by atoms with E-state index in [0.717, 1.165) is 15.6 Å². The molecule has 168 valence electrons. The highest BCUT2D eigenvalue weighted by Crippen LogP contribution is 2.37. The van der Waals surface area contributed by atoms with Gasteiger partial charge in [-0.15, -0.1) is 0 Å². The zero-order chi connectivity index (χ0) is 22.9. The number of anilines is 1. The lowest BCUT2D eigenvalue weighted by molar-refractivity contribution is -0.384. The number of aromatic nitrogens is 1. The van der Waals surface area contributed by atoms with Crippen LogP contribution in [0.4, 0.5) is 11.4 Å². The minimum absolute atomic E-state index is 0.0361. The molecular weight excluding hydrogens is 500 g/mol. The van der Waals surface area contributed by atoms with Crippen LogP contribution in [0.3, 0.4) is 0 Å². The Balaban J connectivity index is 1.51. The van der Waals surface area contributed by atoms with Gasteiger partial charge in [-0.2, -0.15) is 0 Å². The highest BCUT2D eigenvalue weighted by Gasteiger charge is 2.12. The first-order chi connectivity index (χ1) is 15.5. The lowest BCUT2D eigenvalue weighted by Gasteiger charge is -2.15. The molecule has 0 unspecified atom stereocenters. The quantitative estimate of drug-likeness (QED) is 0.203. The van der Waals surface area contributed by atoms with Gasteiger partial charge in [0.2, 0.25) is 0 Å². The molecule has 0 spiro atoms. The van der Waals surface area contributed by atoms with E-state index in [0.29, 0.717) is 48.5 Å². The summed E-state index contributed by atoms with van der Waals surface area (Å²) in [7, 11) is 1.60. The number of nitrogens with zero attached hydrogens (tertiary/aromatic N) is 2. The van der Waals surface area contributed by atoms with E-state index in [-0.39, 0.29) is 5.69 Å². The number of ether oxygens (including phenoxy) is 2. The topological polar surface area (TPSA) is 98.5 Å². The molecule has 8 nitrogen and oxygen atoms in total. The maximum absolute atomic E-state index is 10.8. The number of nitro groups is 1. The first kappa shape index (κ1) is 23.8. The average molecular weight is 522 g/mol. The number of hydrogen-bond donors (Lipinski definition) is 2. The van der Waals surface area contributed by atoms with Crippen molar-refractivity contribution in [1.82, 2.24) is 10.3 Å². The number of non-ortho nitro benzene ring substituents is 1. The Labute approximate surface area is 199 Å². The number of hydrogen-bond acceptors (Lipinski definition) is 7. The van der Waals surface area contributed by atoms with Crippen molar-refractivity contribution in [3.05, 3.63) is 85.6 Å². The van der Waals surface area contributed by atoms with E-state index in [1.807, 2.05) is 24.3 Å². The summed E-state index contributed by atoms with van der Waals surface area (Å²) in [5.41, 5.74) is 2.60. The second kappa shape index (κ2) is 11.7. The molecule has 32 heavy (non-hydrogen) atoms. The van der Waals surface area contributed by atoms with Crippen LogP contribution in [-0.2, 0) is 13.2 Å². The van der Waals surface area contributed by atoms with E-state index in [1.165, 1.54) is 12.1 Å². The Kier molecular flexibility index (Phi) is 8.66. The SMILES string of the molecule is COc1cc(CNCCNc2ccc([N+](=O)[O-])cc2Cl)cc(Br)c1OCc1cccnc1. The Hall–Kier alpha value is -2.88. The summed E-state index contributed by atoms with van der Waals surface area (Å²) >= 11 is 9.66. The molecule has 0 saturated heterocycles. The Morgan fingerprint density at radius 1 is 1.19 bits per heavy atom.